The first-order valence-electron chi connectivity index (χ1n) is 12.8. The highest BCUT2D eigenvalue weighted by molar-refractivity contribution is 6.00. The maximum Gasteiger partial charge on any atom is 0.306 e. The van der Waals surface area contributed by atoms with Crippen molar-refractivity contribution in [3.63, 3.8) is 0 Å². The molecule has 2 bridgehead atoms. The van der Waals surface area contributed by atoms with E-state index in [-0.39, 0.29) is 30.0 Å². The second-order valence-electron chi connectivity index (χ2n) is 10.4. The van der Waals surface area contributed by atoms with Gasteiger partial charge in [0.15, 0.2) is 0 Å². The SMILES string of the molecule is CC[C@H]1CC[C@@H](Oc2ccc3cc(C(=O)N4C5CCC4CC(C(=O)O)C5)ccc3c2CF)CC1. The van der Waals surface area contributed by atoms with Crippen LogP contribution in [-0.4, -0.2) is 40.1 Å². The van der Waals surface area contributed by atoms with E-state index in [1.165, 1.54) is 6.42 Å². The monoisotopic (exact) mass is 467 g/mol. The van der Waals surface area contributed by atoms with Crippen LogP contribution in [0.2, 0.25) is 0 Å². The van der Waals surface area contributed by atoms with Crippen LogP contribution in [-0.2, 0) is 11.5 Å². The number of fused-ring (bicyclic) bond motifs is 3. The van der Waals surface area contributed by atoms with Gasteiger partial charge < -0.3 is 14.7 Å². The van der Waals surface area contributed by atoms with Gasteiger partial charge in [-0.25, -0.2) is 4.39 Å². The number of amides is 1. The molecule has 3 fully saturated rings. The number of carbonyl (C=O) groups excluding carboxylic acids is 1. The van der Waals surface area contributed by atoms with Crippen LogP contribution in [0, 0.1) is 11.8 Å². The van der Waals surface area contributed by atoms with Crippen molar-refractivity contribution in [3.8, 4) is 5.75 Å². The first kappa shape index (κ1) is 23.1. The van der Waals surface area contributed by atoms with Crippen molar-refractivity contribution < 1.29 is 23.8 Å². The molecule has 1 saturated carbocycles. The number of hydrogen-bond acceptors (Lipinski definition) is 3. The van der Waals surface area contributed by atoms with Crippen LogP contribution in [0.3, 0.4) is 0 Å². The Morgan fingerprint density at radius 1 is 1.03 bits per heavy atom. The maximum atomic E-state index is 14.1. The van der Waals surface area contributed by atoms with Crippen LogP contribution in [0.1, 0.15) is 80.6 Å². The number of rotatable bonds is 6. The molecular weight excluding hydrogens is 433 g/mol. The summed E-state index contributed by atoms with van der Waals surface area (Å²) in [5.41, 5.74) is 1.13. The molecule has 182 valence electrons. The summed E-state index contributed by atoms with van der Waals surface area (Å²) in [6.45, 7) is 1.62. The van der Waals surface area contributed by atoms with Gasteiger partial charge in [-0.15, -0.1) is 0 Å². The number of halogens is 1. The molecule has 2 atom stereocenters. The largest absolute Gasteiger partial charge is 0.490 e. The zero-order valence-corrected chi connectivity index (χ0v) is 19.8. The van der Waals surface area contributed by atoms with E-state index in [0.717, 1.165) is 55.2 Å². The molecule has 0 aromatic heterocycles. The van der Waals surface area contributed by atoms with Crippen molar-refractivity contribution >= 4 is 22.6 Å². The van der Waals surface area contributed by atoms with Crippen LogP contribution >= 0.6 is 0 Å². The van der Waals surface area contributed by atoms with Crippen LogP contribution in [0.25, 0.3) is 10.8 Å². The third kappa shape index (κ3) is 4.27. The molecule has 1 amide bonds. The summed E-state index contributed by atoms with van der Waals surface area (Å²) in [5.74, 6) is 0.222. The molecule has 0 spiro atoms. The van der Waals surface area contributed by atoms with Crippen molar-refractivity contribution in [1.29, 1.82) is 0 Å². The van der Waals surface area contributed by atoms with Gasteiger partial charge in [0.1, 0.15) is 12.4 Å². The lowest BCUT2D eigenvalue weighted by Crippen LogP contribution is -2.47. The van der Waals surface area contributed by atoms with Crippen molar-refractivity contribution in [2.45, 2.75) is 89.6 Å². The second-order valence-corrected chi connectivity index (χ2v) is 10.4. The molecule has 6 heteroatoms. The van der Waals surface area contributed by atoms with Crippen LogP contribution in [0.5, 0.6) is 5.75 Å². The highest BCUT2D eigenvalue weighted by Crippen LogP contribution is 2.40. The molecule has 2 aliphatic heterocycles. The first-order chi connectivity index (χ1) is 16.5. The zero-order valence-electron chi connectivity index (χ0n) is 19.8. The summed E-state index contributed by atoms with van der Waals surface area (Å²) in [6.07, 6.45) is 8.47. The van der Waals surface area contributed by atoms with E-state index in [4.69, 9.17) is 4.74 Å². The average Bonchev–Trinajstić information content (AvgIpc) is 3.12. The third-order valence-electron chi connectivity index (χ3n) is 8.45. The van der Waals surface area contributed by atoms with Crippen molar-refractivity contribution in [2.75, 3.05) is 0 Å². The summed E-state index contributed by atoms with van der Waals surface area (Å²) in [5, 5.41) is 11.0. The molecule has 5 nitrogen and oxygen atoms in total. The molecule has 5 rings (SSSR count). The summed E-state index contributed by atoms with van der Waals surface area (Å²) >= 11 is 0. The van der Waals surface area contributed by atoms with E-state index < -0.39 is 12.6 Å². The van der Waals surface area contributed by atoms with Gasteiger partial charge >= 0.3 is 5.97 Å². The van der Waals surface area contributed by atoms with E-state index in [0.29, 0.717) is 29.7 Å². The third-order valence-corrected chi connectivity index (χ3v) is 8.45. The molecule has 1 N–H and O–H groups in total. The van der Waals surface area contributed by atoms with Crippen molar-refractivity contribution in [2.24, 2.45) is 11.8 Å². The van der Waals surface area contributed by atoms with E-state index in [2.05, 4.69) is 6.92 Å². The van der Waals surface area contributed by atoms with Crippen molar-refractivity contribution in [3.05, 3.63) is 41.5 Å². The summed E-state index contributed by atoms with van der Waals surface area (Å²) in [7, 11) is 0. The minimum absolute atomic E-state index is 0.0111. The number of carbonyl (C=O) groups is 2. The molecular formula is C28H34FNO4. The van der Waals surface area contributed by atoms with Gasteiger partial charge in [0.05, 0.1) is 12.0 Å². The van der Waals surface area contributed by atoms with Crippen LogP contribution in [0.4, 0.5) is 4.39 Å². The van der Waals surface area contributed by atoms with Gasteiger partial charge in [0.25, 0.3) is 5.91 Å². The molecule has 2 aromatic rings. The van der Waals surface area contributed by atoms with Gasteiger partial charge in [-0.3, -0.25) is 9.59 Å². The zero-order chi connectivity index (χ0) is 23.8. The first-order valence-corrected chi connectivity index (χ1v) is 12.8. The molecule has 2 saturated heterocycles. The number of hydrogen-bond donors (Lipinski definition) is 1. The fourth-order valence-corrected chi connectivity index (χ4v) is 6.45. The Kier molecular flexibility index (Phi) is 6.50. The molecule has 34 heavy (non-hydrogen) atoms. The predicted octanol–water partition coefficient (Wildman–Crippen LogP) is 6.12. The predicted molar refractivity (Wildman–Crippen MR) is 129 cm³/mol. The number of carboxylic acids is 1. The Bertz CT molecular complexity index is 1060. The smallest absolute Gasteiger partial charge is 0.306 e. The Hall–Kier alpha value is -2.63. The van der Waals surface area contributed by atoms with E-state index in [1.54, 1.807) is 6.07 Å². The molecule has 1 aliphatic carbocycles. The van der Waals surface area contributed by atoms with Gasteiger partial charge in [-0.1, -0.05) is 25.5 Å². The van der Waals surface area contributed by atoms with Gasteiger partial charge in [0.2, 0.25) is 0 Å². The molecule has 2 unspecified atom stereocenters. The van der Waals surface area contributed by atoms with Gasteiger partial charge in [0, 0.05) is 23.2 Å². The second kappa shape index (κ2) is 9.55. The highest BCUT2D eigenvalue weighted by Gasteiger charge is 2.45. The Morgan fingerprint density at radius 2 is 1.74 bits per heavy atom. The van der Waals surface area contributed by atoms with Gasteiger partial charge in [-0.05, 0) is 86.3 Å². The molecule has 3 aliphatic rings. The lowest BCUT2D eigenvalue weighted by molar-refractivity contribution is -0.144. The molecule has 0 radical (unpaired) electrons. The number of nitrogens with zero attached hydrogens (tertiary/aromatic N) is 1. The molecule has 2 heterocycles. The lowest BCUT2D eigenvalue weighted by atomic mass is 9.86. The van der Waals surface area contributed by atoms with E-state index in [1.807, 2.05) is 29.2 Å². The minimum Gasteiger partial charge on any atom is -0.490 e. The van der Waals surface area contributed by atoms with E-state index >= 15 is 0 Å². The van der Waals surface area contributed by atoms with Crippen LogP contribution in [0.15, 0.2) is 30.3 Å². The Balaban J connectivity index is 1.35. The number of benzene rings is 2. The maximum absolute atomic E-state index is 14.1. The average molecular weight is 468 g/mol. The number of aliphatic carboxylic acids is 1. The number of ether oxygens (including phenoxy) is 1. The topological polar surface area (TPSA) is 66.8 Å². The normalized spacial score (nSPS) is 28.8. The lowest BCUT2D eigenvalue weighted by Gasteiger charge is -2.37. The minimum atomic E-state index is -0.759. The van der Waals surface area contributed by atoms with Gasteiger partial charge in [-0.2, -0.15) is 0 Å². The number of carboxylic acid groups (broad SMARTS) is 1. The summed E-state index contributed by atoms with van der Waals surface area (Å²) in [4.78, 5) is 26.8. The van der Waals surface area contributed by atoms with E-state index in [9.17, 15) is 19.1 Å². The Morgan fingerprint density at radius 3 is 2.35 bits per heavy atom. The Labute approximate surface area is 200 Å². The number of piperidine rings is 1. The fraction of sp³-hybridized carbons (Fsp3) is 0.571. The van der Waals surface area contributed by atoms with Crippen LogP contribution < -0.4 is 4.74 Å². The standard InChI is InChI=1S/C28H34FNO4/c1-2-17-3-9-23(10-4-17)34-26-12-6-18-13-19(5-11-24(18)25(26)16-29)27(31)30-21-7-8-22(30)15-20(14-21)28(32)33/h5-6,11-13,17,20-23H,2-4,7-10,14-16H2,1H3,(H,32,33)/t17-,20?,21?,22?,23+. The summed E-state index contributed by atoms with van der Waals surface area (Å²) in [6, 6.07) is 9.21. The van der Waals surface area contributed by atoms with Crippen molar-refractivity contribution in [1.82, 2.24) is 4.90 Å². The number of alkyl halides is 1. The highest BCUT2D eigenvalue weighted by atomic mass is 19.1. The summed E-state index contributed by atoms with van der Waals surface area (Å²) < 4.78 is 20.4. The molecule has 2 aromatic carbocycles. The quantitative estimate of drug-likeness (QED) is 0.555. The fourth-order valence-electron chi connectivity index (χ4n) is 6.45.